The van der Waals surface area contributed by atoms with Crippen molar-refractivity contribution < 1.29 is 5.11 Å². The summed E-state index contributed by atoms with van der Waals surface area (Å²) in [7, 11) is 1.86. The number of piperidine rings is 1. The van der Waals surface area contributed by atoms with Crippen LogP contribution in [0.2, 0.25) is 10.0 Å². The van der Waals surface area contributed by atoms with E-state index >= 15 is 0 Å². The van der Waals surface area contributed by atoms with E-state index in [2.05, 4.69) is 10.1 Å². The van der Waals surface area contributed by atoms with E-state index in [9.17, 15) is 9.90 Å². The summed E-state index contributed by atoms with van der Waals surface area (Å²) in [5.74, 6) is 0.624. The third-order valence-corrected chi connectivity index (χ3v) is 5.95. The van der Waals surface area contributed by atoms with Crippen LogP contribution in [0.5, 0.6) is 0 Å². The minimum Gasteiger partial charge on any atom is -0.385 e. The number of imidazole rings is 1. The predicted octanol–water partition coefficient (Wildman–Crippen LogP) is 3.22. The van der Waals surface area contributed by atoms with E-state index in [1.807, 2.05) is 22.7 Å². The molecule has 0 radical (unpaired) electrons. The normalized spacial score (nSPS) is 18.1. The third-order valence-electron chi connectivity index (χ3n) is 5.34. The summed E-state index contributed by atoms with van der Waals surface area (Å²) in [6.45, 7) is 1.31. The number of aryl methyl sites for hydroxylation is 1. The first-order valence-electron chi connectivity index (χ1n) is 9.39. The minimum atomic E-state index is -0.682. The molecule has 1 aromatic carbocycles. The average Bonchev–Trinajstić information content (AvgIpc) is 3.16. The zero-order valence-corrected chi connectivity index (χ0v) is 17.4. The van der Waals surface area contributed by atoms with Crippen molar-refractivity contribution in [2.45, 2.75) is 18.9 Å². The monoisotopic (exact) mass is 433 g/mol. The fourth-order valence-corrected chi connectivity index (χ4v) is 4.14. The summed E-state index contributed by atoms with van der Waals surface area (Å²) in [6, 6.07) is 6.82. The van der Waals surface area contributed by atoms with E-state index in [4.69, 9.17) is 23.2 Å². The second kappa shape index (κ2) is 8.18. The van der Waals surface area contributed by atoms with Gasteiger partial charge >= 0.3 is 0 Å². The first-order chi connectivity index (χ1) is 14.0. The lowest BCUT2D eigenvalue weighted by molar-refractivity contribution is 0.0875. The van der Waals surface area contributed by atoms with Gasteiger partial charge in [0.15, 0.2) is 0 Å². The maximum Gasteiger partial charge on any atom is 0.292 e. The number of aromatic nitrogens is 4. The van der Waals surface area contributed by atoms with Crippen LogP contribution in [0.4, 0.5) is 5.69 Å². The number of aliphatic hydroxyl groups excluding tert-OH is 1. The Labute approximate surface area is 178 Å². The van der Waals surface area contributed by atoms with Crippen molar-refractivity contribution in [2.24, 2.45) is 13.0 Å². The molecule has 2 unspecified atom stereocenters. The van der Waals surface area contributed by atoms with Crippen molar-refractivity contribution in [3.63, 3.8) is 0 Å². The zero-order valence-electron chi connectivity index (χ0n) is 15.9. The fraction of sp³-hybridized carbons (Fsp3) is 0.350. The van der Waals surface area contributed by atoms with Gasteiger partial charge in [-0.2, -0.15) is 9.78 Å². The van der Waals surface area contributed by atoms with E-state index in [0.29, 0.717) is 28.8 Å². The van der Waals surface area contributed by atoms with Gasteiger partial charge in [-0.05, 0) is 37.1 Å². The van der Waals surface area contributed by atoms with E-state index in [-0.39, 0.29) is 10.9 Å². The Morgan fingerprint density at radius 1 is 1.24 bits per heavy atom. The summed E-state index contributed by atoms with van der Waals surface area (Å²) in [6.07, 6.45) is 6.17. The second-order valence-electron chi connectivity index (χ2n) is 7.23. The molecule has 1 aliphatic heterocycles. The molecule has 152 valence electrons. The van der Waals surface area contributed by atoms with E-state index in [0.717, 1.165) is 19.4 Å². The SMILES string of the molecule is Cn1ccnc1C(O)C1CCCN(c2cnn(-c3ccc(Cl)cc3)c(=O)c2Cl)C1. The second-order valence-corrected chi connectivity index (χ2v) is 8.04. The molecule has 0 bridgehead atoms. The van der Waals surface area contributed by atoms with Crippen molar-refractivity contribution in [1.82, 2.24) is 19.3 Å². The van der Waals surface area contributed by atoms with Crippen LogP contribution in [0, 0.1) is 5.92 Å². The number of rotatable bonds is 4. The molecule has 2 aromatic heterocycles. The molecule has 0 aliphatic carbocycles. The quantitative estimate of drug-likeness (QED) is 0.683. The van der Waals surface area contributed by atoms with Crippen LogP contribution in [-0.4, -0.2) is 37.5 Å². The first kappa shape index (κ1) is 19.9. The summed E-state index contributed by atoms with van der Waals surface area (Å²) in [5, 5.41) is 15.8. The van der Waals surface area contributed by atoms with Crippen LogP contribution in [0.25, 0.3) is 5.69 Å². The van der Waals surface area contributed by atoms with E-state index < -0.39 is 11.7 Å². The highest BCUT2D eigenvalue weighted by Crippen LogP contribution is 2.32. The van der Waals surface area contributed by atoms with Crippen molar-refractivity contribution >= 4 is 28.9 Å². The molecule has 1 saturated heterocycles. The Hall–Kier alpha value is -2.35. The van der Waals surface area contributed by atoms with Crippen molar-refractivity contribution in [3.8, 4) is 5.69 Å². The fourth-order valence-electron chi connectivity index (χ4n) is 3.77. The summed E-state index contributed by atoms with van der Waals surface area (Å²) < 4.78 is 3.08. The van der Waals surface area contributed by atoms with Crippen LogP contribution >= 0.6 is 23.2 Å². The van der Waals surface area contributed by atoms with Crippen LogP contribution in [-0.2, 0) is 7.05 Å². The minimum absolute atomic E-state index is 0.0142. The molecular weight excluding hydrogens is 413 g/mol. The van der Waals surface area contributed by atoms with Gasteiger partial charge in [-0.15, -0.1) is 0 Å². The third kappa shape index (κ3) is 3.90. The van der Waals surface area contributed by atoms with Crippen molar-refractivity contribution in [1.29, 1.82) is 0 Å². The summed E-state index contributed by atoms with van der Waals surface area (Å²) in [5.41, 5.74) is 0.784. The summed E-state index contributed by atoms with van der Waals surface area (Å²) in [4.78, 5) is 19.1. The molecule has 0 spiro atoms. The highest BCUT2D eigenvalue weighted by molar-refractivity contribution is 6.33. The molecule has 1 N–H and O–H groups in total. The Bertz CT molecular complexity index is 1060. The Balaban J connectivity index is 1.59. The number of nitrogens with zero attached hydrogens (tertiary/aromatic N) is 5. The average molecular weight is 434 g/mol. The molecule has 9 heteroatoms. The molecule has 7 nitrogen and oxygen atoms in total. The Kier molecular flexibility index (Phi) is 5.63. The number of aliphatic hydroxyl groups is 1. The van der Waals surface area contributed by atoms with Gasteiger partial charge in [-0.25, -0.2) is 4.98 Å². The molecule has 4 rings (SSSR count). The smallest absolute Gasteiger partial charge is 0.292 e. The standard InChI is InChI=1S/C20H21Cl2N5O2/c1-25-10-8-23-19(25)18(28)13-3-2-9-26(12-13)16-11-24-27(20(29)17(16)22)15-6-4-14(21)5-7-15/h4-8,10-11,13,18,28H,2-3,9,12H2,1H3. The van der Waals surface area contributed by atoms with Gasteiger partial charge in [0, 0.05) is 43.5 Å². The van der Waals surface area contributed by atoms with Crippen LogP contribution < -0.4 is 10.5 Å². The van der Waals surface area contributed by atoms with Crippen LogP contribution in [0.1, 0.15) is 24.8 Å². The molecule has 29 heavy (non-hydrogen) atoms. The van der Waals surface area contributed by atoms with Crippen molar-refractivity contribution in [3.05, 3.63) is 69.1 Å². The predicted molar refractivity (Wildman–Crippen MR) is 113 cm³/mol. The number of hydrogen-bond acceptors (Lipinski definition) is 5. The largest absolute Gasteiger partial charge is 0.385 e. The molecule has 1 aliphatic rings. The lowest BCUT2D eigenvalue weighted by Crippen LogP contribution is -2.39. The van der Waals surface area contributed by atoms with Gasteiger partial charge in [0.1, 0.15) is 17.0 Å². The van der Waals surface area contributed by atoms with E-state index in [1.165, 1.54) is 4.68 Å². The zero-order chi connectivity index (χ0) is 20.5. The molecule has 1 fully saturated rings. The summed E-state index contributed by atoms with van der Waals surface area (Å²) >= 11 is 12.4. The number of hydrogen-bond donors (Lipinski definition) is 1. The van der Waals surface area contributed by atoms with Gasteiger partial charge in [0.2, 0.25) is 0 Å². The van der Waals surface area contributed by atoms with Gasteiger partial charge in [0.05, 0.1) is 17.6 Å². The van der Waals surface area contributed by atoms with Gasteiger partial charge in [-0.1, -0.05) is 23.2 Å². The van der Waals surface area contributed by atoms with E-state index in [1.54, 1.807) is 36.7 Å². The maximum absolute atomic E-state index is 12.8. The van der Waals surface area contributed by atoms with Gasteiger partial charge in [0.25, 0.3) is 5.56 Å². The van der Waals surface area contributed by atoms with Gasteiger partial charge < -0.3 is 14.6 Å². The molecule has 2 atom stereocenters. The number of anilines is 1. The molecular formula is C20H21Cl2N5O2. The molecule has 0 saturated carbocycles. The topological polar surface area (TPSA) is 76.2 Å². The Morgan fingerprint density at radius 3 is 2.69 bits per heavy atom. The maximum atomic E-state index is 12.8. The molecule has 0 amide bonds. The lowest BCUT2D eigenvalue weighted by Gasteiger charge is -2.36. The first-order valence-corrected chi connectivity index (χ1v) is 10.2. The number of halogens is 2. The van der Waals surface area contributed by atoms with Crippen LogP contribution in [0.15, 0.2) is 47.7 Å². The molecule has 3 aromatic rings. The lowest BCUT2D eigenvalue weighted by atomic mass is 9.91. The van der Waals surface area contributed by atoms with Crippen molar-refractivity contribution in [2.75, 3.05) is 18.0 Å². The molecule has 3 heterocycles. The highest BCUT2D eigenvalue weighted by atomic mass is 35.5. The Morgan fingerprint density at radius 2 is 2.00 bits per heavy atom. The van der Waals surface area contributed by atoms with Gasteiger partial charge in [-0.3, -0.25) is 4.79 Å². The number of benzene rings is 1. The highest BCUT2D eigenvalue weighted by Gasteiger charge is 2.30. The van der Waals surface area contributed by atoms with Crippen LogP contribution in [0.3, 0.4) is 0 Å².